The summed E-state index contributed by atoms with van der Waals surface area (Å²) in [4.78, 5) is 12.1. The first kappa shape index (κ1) is 20.5. The zero-order chi connectivity index (χ0) is 18.9. The van der Waals surface area contributed by atoms with Crippen molar-refractivity contribution in [3.05, 3.63) is 47.0 Å². The quantitative estimate of drug-likeness (QED) is 0.440. The first-order valence-electron chi connectivity index (χ1n) is 10.3. The van der Waals surface area contributed by atoms with Gasteiger partial charge >= 0.3 is 5.97 Å². The topological polar surface area (TPSA) is 37.3 Å². The van der Waals surface area contributed by atoms with Crippen LogP contribution in [0.5, 0.6) is 0 Å². The Balaban J connectivity index is 2.35. The van der Waals surface area contributed by atoms with Gasteiger partial charge in [0, 0.05) is 0 Å². The molecular formula is C24H34O2. The van der Waals surface area contributed by atoms with Crippen LogP contribution in [0.25, 0.3) is 10.8 Å². The van der Waals surface area contributed by atoms with E-state index >= 15 is 0 Å². The van der Waals surface area contributed by atoms with Crippen LogP contribution in [-0.4, -0.2) is 11.1 Å². The highest BCUT2D eigenvalue weighted by atomic mass is 16.4. The molecule has 142 valence electrons. The Hall–Kier alpha value is -1.83. The fraction of sp³-hybridized carbons (Fsp3) is 0.542. The van der Waals surface area contributed by atoms with E-state index < -0.39 is 5.97 Å². The Morgan fingerprint density at radius 2 is 1.77 bits per heavy atom. The highest BCUT2D eigenvalue weighted by Crippen LogP contribution is 2.30. The van der Waals surface area contributed by atoms with Gasteiger partial charge in [-0.2, -0.15) is 0 Å². The van der Waals surface area contributed by atoms with Crippen LogP contribution in [0, 0.1) is 5.92 Å². The van der Waals surface area contributed by atoms with Gasteiger partial charge in [0.05, 0.1) is 5.56 Å². The molecule has 0 aliphatic rings. The lowest BCUT2D eigenvalue weighted by molar-refractivity contribution is 0.0697. The maximum absolute atomic E-state index is 12.1. The number of hydrogen-bond donors (Lipinski definition) is 1. The molecule has 2 heteroatoms. The normalized spacial score (nSPS) is 12.4. The second-order valence-corrected chi connectivity index (χ2v) is 7.68. The molecule has 2 rings (SSSR count). The summed E-state index contributed by atoms with van der Waals surface area (Å²) in [6.07, 6.45) is 10.4. The van der Waals surface area contributed by atoms with Gasteiger partial charge in [-0.15, -0.1) is 0 Å². The van der Waals surface area contributed by atoms with Crippen molar-refractivity contribution in [1.29, 1.82) is 0 Å². The predicted octanol–water partition coefficient (Wildman–Crippen LogP) is 7.03. The van der Waals surface area contributed by atoms with Gasteiger partial charge in [-0.1, -0.05) is 89.6 Å². The molecule has 1 unspecified atom stereocenters. The molecular weight excluding hydrogens is 320 g/mol. The molecule has 0 fully saturated rings. The molecule has 2 aromatic rings. The van der Waals surface area contributed by atoms with E-state index in [0.29, 0.717) is 11.5 Å². The maximum Gasteiger partial charge on any atom is 0.336 e. The Kier molecular flexibility index (Phi) is 8.15. The van der Waals surface area contributed by atoms with E-state index in [1.54, 1.807) is 0 Å². The number of aromatic carboxylic acids is 1. The second kappa shape index (κ2) is 10.4. The number of benzene rings is 2. The average molecular weight is 355 g/mol. The van der Waals surface area contributed by atoms with Crippen LogP contribution in [0.15, 0.2) is 30.3 Å². The third-order valence-corrected chi connectivity index (χ3v) is 5.36. The minimum absolute atomic E-state index is 0.532. The van der Waals surface area contributed by atoms with Crippen molar-refractivity contribution < 1.29 is 9.90 Å². The fourth-order valence-corrected chi connectivity index (χ4v) is 3.91. The van der Waals surface area contributed by atoms with E-state index in [0.717, 1.165) is 42.0 Å². The lowest BCUT2D eigenvalue weighted by atomic mass is 9.86. The average Bonchev–Trinajstić information content (AvgIpc) is 2.62. The molecule has 1 N–H and O–H groups in total. The van der Waals surface area contributed by atoms with Gasteiger partial charge in [0.1, 0.15) is 0 Å². The number of hydrogen-bond acceptors (Lipinski definition) is 1. The van der Waals surface area contributed by atoms with Crippen LogP contribution in [0.1, 0.15) is 87.2 Å². The minimum Gasteiger partial charge on any atom is -0.478 e. The van der Waals surface area contributed by atoms with Gasteiger partial charge in [0.25, 0.3) is 0 Å². The fourth-order valence-electron chi connectivity index (χ4n) is 3.91. The van der Waals surface area contributed by atoms with Crippen molar-refractivity contribution in [2.45, 2.75) is 78.6 Å². The van der Waals surface area contributed by atoms with Crippen molar-refractivity contribution >= 4 is 16.7 Å². The maximum atomic E-state index is 12.1. The second-order valence-electron chi connectivity index (χ2n) is 7.68. The lowest BCUT2D eigenvalue weighted by Crippen LogP contribution is -2.10. The van der Waals surface area contributed by atoms with Crippen LogP contribution >= 0.6 is 0 Å². The van der Waals surface area contributed by atoms with Crippen LogP contribution in [-0.2, 0) is 12.8 Å². The van der Waals surface area contributed by atoms with Crippen LogP contribution in [0.2, 0.25) is 0 Å². The number of rotatable bonds is 11. The molecule has 0 saturated carbocycles. The van der Waals surface area contributed by atoms with Gasteiger partial charge in [-0.05, 0) is 47.1 Å². The zero-order valence-electron chi connectivity index (χ0n) is 16.7. The van der Waals surface area contributed by atoms with Crippen molar-refractivity contribution in [2.75, 3.05) is 0 Å². The van der Waals surface area contributed by atoms with Crippen molar-refractivity contribution in [3.63, 3.8) is 0 Å². The van der Waals surface area contributed by atoms with Crippen LogP contribution in [0.4, 0.5) is 0 Å². The van der Waals surface area contributed by atoms with E-state index in [4.69, 9.17) is 0 Å². The number of unbranched alkanes of at least 4 members (excludes halogenated alkanes) is 4. The lowest BCUT2D eigenvalue weighted by Gasteiger charge is -2.19. The molecule has 26 heavy (non-hydrogen) atoms. The highest BCUT2D eigenvalue weighted by molar-refractivity contribution is 6.05. The Morgan fingerprint density at radius 1 is 1.04 bits per heavy atom. The molecule has 0 aromatic heterocycles. The summed E-state index contributed by atoms with van der Waals surface area (Å²) >= 11 is 0. The number of fused-ring (bicyclic) bond motifs is 1. The summed E-state index contributed by atoms with van der Waals surface area (Å²) in [5.41, 5.74) is 2.85. The van der Waals surface area contributed by atoms with E-state index in [1.807, 2.05) is 24.3 Å². The van der Waals surface area contributed by atoms with Gasteiger partial charge in [-0.25, -0.2) is 4.79 Å². The van der Waals surface area contributed by atoms with E-state index in [-0.39, 0.29) is 0 Å². The molecule has 0 radical (unpaired) electrons. The number of carbonyl (C=O) groups is 1. The highest BCUT2D eigenvalue weighted by Gasteiger charge is 2.19. The van der Waals surface area contributed by atoms with Gasteiger partial charge in [0.2, 0.25) is 0 Å². The SMILES string of the molecule is CCCCCCC(C)Cc1cc2ccccc2c(C(=O)O)c1CCCC. The minimum atomic E-state index is -0.787. The molecule has 2 aromatic carbocycles. The van der Waals surface area contributed by atoms with E-state index in [2.05, 4.69) is 26.8 Å². The Morgan fingerprint density at radius 3 is 2.46 bits per heavy atom. The molecule has 1 atom stereocenters. The van der Waals surface area contributed by atoms with E-state index in [9.17, 15) is 9.90 Å². The van der Waals surface area contributed by atoms with Crippen LogP contribution < -0.4 is 0 Å². The third-order valence-electron chi connectivity index (χ3n) is 5.36. The standard InChI is InChI=1S/C24H34O2/c1-4-6-8-9-12-18(3)16-20-17-19-13-10-11-15-21(19)23(24(25)26)22(20)14-7-5-2/h10-11,13,15,17-18H,4-9,12,14,16H2,1-3H3,(H,25,26). The van der Waals surface area contributed by atoms with Crippen molar-refractivity contribution in [2.24, 2.45) is 5.92 Å². The predicted molar refractivity (Wildman–Crippen MR) is 111 cm³/mol. The molecule has 0 bridgehead atoms. The smallest absolute Gasteiger partial charge is 0.336 e. The Bertz CT molecular complexity index is 717. The Labute approximate surface area is 158 Å². The van der Waals surface area contributed by atoms with Gasteiger partial charge in [-0.3, -0.25) is 0 Å². The third kappa shape index (κ3) is 5.33. The molecule has 0 saturated heterocycles. The molecule has 0 aliphatic carbocycles. The first-order chi connectivity index (χ1) is 12.6. The van der Waals surface area contributed by atoms with Gasteiger partial charge < -0.3 is 5.11 Å². The summed E-state index contributed by atoms with van der Waals surface area (Å²) in [5.74, 6) is -0.195. The largest absolute Gasteiger partial charge is 0.478 e. The summed E-state index contributed by atoms with van der Waals surface area (Å²) < 4.78 is 0. The first-order valence-corrected chi connectivity index (χ1v) is 10.3. The molecule has 0 amide bonds. The van der Waals surface area contributed by atoms with E-state index in [1.165, 1.54) is 37.7 Å². The van der Waals surface area contributed by atoms with Crippen LogP contribution in [0.3, 0.4) is 0 Å². The number of carboxylic acid groups (broad SMARTS) is 1. The summed E-state index contributed by atoms with van der Waals surface area (Å²) in [7, 11) is 0. The number of carboxylic acids is 1. The summed E-state index contributed by atoms with van der Waals surface area (Å²) in [6, 6.07) is 10.2. The summed E-state index contributed by atoms with van der Waals surface area (Å²) in [6.45, 7) is 6.72. The molecule has 0 spiro atoms. The molecule has 0 heterocycles. The molecule has 0 aliphatic heterocycles. The van der Waals surface area contributed by atoms with Crippen molar-refractivity contribution in [3.8, 4) is 0 Å². The van der Waals surface area contributed by atoms with Gasteiger partial charge in [0.15, 0.2) is 0 Å². The zero-order valence-corrected chi connectivity index (χ0v) is 16.7. The van der Waals surface area contributed by atoms with Crippen molar-refractivity contribution in [1.82, 2.24) is 0 Å². The summed E-state index contributed by atoms with van der Waals surface area (Å²) in [5, 5.41) is 11.9. The monoisotopic (exact) mass is 354 g/mol. The molecule has 2 nitrogen and oxygen atoms in total.